The summed E-state index contributed by atoms with van der Waals surface area (Å²) in [4.78, 5) is 10.2. The van der Waals surface area contributed by atoms with E-state index in [4.69, 9.17) is 5.11 Å². The normalized spacial score (nSPS) is 9.75. The molecule has 0 aromatic heterocycles. The number of carboxylic acid groups (broad SMARTS) is 1. The van der Waals surface area contributed by atoms with E-state index in [0.717, 1.165) is 19.3 Å². The molecular weight excluding hydrogens is 200 g/mol. The van der Waals surface area contributed by atoms with Crippen LogP contribution in [0.15, 0.2) is 18.4 Å². The number of aliphatic carboxylic acids is 1. The maximum Gasteiger partial charge on any atom is 0.303 e. The molecule has 1 N–H and O–H groups in total. The topological polar surface area (TPSA) is 37.3 Å². The third-order valence-electron chi connectivity index (χ3n) is 2.63. The summed E-state index contributed by atoms with van der Waals surface area (Å²) in [7, 11) is 0. The summed E-state index contributed by atoms with van der Waals surface area (Å²) in [6, 6.07) is 0. The number of rotatable bonds is 11. The van der Waals surface area contributed by atoms with Crippen molar-refractivity contribution in [2.75, 3.05) is 0 Å². The molecule has 2 nitrogen and oxygen atoms in total. The summed E-state index contributed by atoms with van der Waals surface area (Å²) in [5, 5.41) is 8.44. The number of carbonyl (C=O) groups is 1. The van der Waals surface area contributed by atoms with Crippen molar-refractivity contribution in [2.45, 2.75) is 64.2 Å². The van der Waals surface area contributed by atoms with Crippen molar-refractivity contribution in [3.05, 3.63) is 18.4 Å². The van der Waals surface area contributed by atoms with Crippen LogP contribution in [0.4, 0.5) is 0 Å². The van der Waals surface area contributed by atoms with Gasteiger partial charge in [0.15, 0.2) is 0 Å². The van der Waals surface area contributed by atoms with E-state index >= 15 is 0 Å². The molecule has 0 radical (unpaired) electrons. The predicted octanol–water partition coefficient (Wildman–Crippen LogP) is 4.31. The first-order valence-corrected chi connectivity index (χ1v) is 6.33. The standard InChI is InChI=1S/C14H24O2/c1-2-3-4-5-6-7-8-9-10-11-12-13-14(15)16/h3H,1,4-13H2,(H,15,16). The zero-order valence-electron chi connectivity index (χ0n) is 10.2. The molecule has 0 fully saturated rings. The van der Waals surface area contributed by atoms with Crippen LogP contribution in [0.3, 0.4) is 0 Å². The van der Waals surface area contributed by atoms with Gasteiger partial charge >= 0.3 is 5.97 Å². The van der Waals surface area contributed by atoms with Gasteiger partial charge in [0.2, 0.25) is 0 Å². The third kappa shape index (κ3) is 13.0. The van der Waals surface area contributed by atoms with Gasteiger partial charge in [0.1, 0.15) is 0 Å². The Balaban J connectivity index is 2.98. The summed E-state index contributed by atoms with van der Waals surface area (Å²) in [6.45, 7) is 3.53. The second kappa shape index (κ2) is 12.1. The van der Waals surface area contributed by atoms with Crippen LogP contribution in [0.5, 0.6) is 0 Å². The molecule has 0 unspecified atom stereocenters. The van der Waals surface area contributed by atoms with Crippen molar-refractivity contribution in [2.24, 2.45) is 0 Å². The second-order valence-corrected chi connectivity index (χ2v) is 4.17. The Bertz CT molecular complexity index is 205. The van der Waals surface area contributed by atoms with Crippen LogP contribution in [0.2, 0.25) is 0 Å². The summed E-state index contributed by atoms with van der Waals surface area (Å²) in [6.07, 6.45) is 12.8. The molecule has 0 amide bonds. The molecule has 0 rings (SSSR count). The second-order valence-electron chi connectivity index (χ2n) is 4.17. The number of carboxylic acids is 1. The summed E-state index contributed by atoms with van der Waals surface area (Å²) in [5.74, 6) is -0.671. The lowest BCUT2D eigenvalue weighted by Crippen LogP contribution is -1.93. The van der Waals surface area contributed by atoms with Gasteiger partial charge in [-0.25, -0.2) is 0 Å². The average molecular weight is 224 g/mol. The summed E-state index contributed by atoms with van der Waals surface area (Å²) in [5.41, 5.74) is 2.78. The van der Waals surface area contributed by atoms with Crippen LogP contribution in [-0.4, -0.2) is 11.1 Å². The molecule has 0 aliphatic carbocycles. The first kappa shape index (κ1) is 15.0. The van der Waals surface area contributed by atoms with E-state index in [-0.39, 0.29) is 0 Å². The number of allylic oxidation sites excluding steroid dienone is 1. The van der Waals surface area contributed by atoms with Gasteiger partial charge in [0.25, 0.3) is 0 Å². The van der Waals surface area contributed by atoms with Crippen LogP contribution in [0.1, 0.15) is 64.2 Å². The maximum atomic E-state index is 10.2. The van der Waals surface area contributed by atoms with E-state index in [2.05, 4.69) is 12.3 Å². The fourth-order valence-electron chi connectivity index (χ4n) is 1.69. The Morgan fingerprint density at radius 2 is 1.50 bits per heavy atom. The molecule has 0 aromatic carbocycles. The van der Waals surface area contributed by atoms with Crippen molar-refractivity contribution >= 4 is 5.97 Å². The number of hydrogen-bond donors (Lipinski definition) is 1. The highest BCUT2D eigenvalue weighted by molar-refractivity contribution is 5.66. The Kier molecular flexibility index (Phi) is 11.3. The highest BCUT2D eigenvalue weighted by atomic mass is 16.4. The van der Waals surface area contributed by atoms with Crippen LogP contribution < -0.4 is 0 Å². The van der Waals surface area contributed by atoms with E-state index in [1.54, 1.807) is 0 Å². The molecule has 0 saturated heterocycles. The Hall–Kier alpha value is -1.01. The quantitative estimate of drug-likeness (QED) is 0.419. The first-order valence-electron chi connectivity index (χ1n) is 6.33. The molecule has 0 aliphatic rings. The van der Waals surface area contributed by atoms with Gasteiger partial charge in [-0.15, -0.1) is 5.73 Å². The van der Waals surface area contributed by atoms with Crippen LogP contribution in [0.25, 0.3) is 0 Å². The van der Waals surface area contributed by atoms with Crippen LogP contribution >= 0.6 is 0 Å². The molecular formula is C14H24O2. The summed E-state index contributed by atoms with van der Waals surface area (Å²) < 4.78 is 0. The molecule has 92 valence electrons. The Morgan fingerprint density at radius 3 is 2.00 bits per heavy atom. The van der Waals surface area contributed by atoms with Gasteiger partial charge in [-0.05, 0) is 25.3 Å². The molecule has 0 saturated carbocycles. The molecule has 0 heterocycles. The van der Waals surface area contributed by atoms with E-state index in [1.807, 2.05) is 6.08 Å². The molecule has 16 heavy (non-hydrogen) atoms. The Morgan fingerprint density at radius 1 is 1.00 bits per heavy atom. The van der Waals surface area contributed by atoms with E-state index in [1.165, 1.54) is 38.5 Å². The lowest BCUT2D eigenvalue weighted by Gasteiger charge is -2.00. The molecule has 0 aliphatic heterocycles. The average Bonchev–Trinajstić information content (AvgIpc) is 2.25. The Labute approximate surface area is 99.1 Å². The van der Waals surface area contributed by atoms with Gasteiger partial charge in [-0.1, -0.05) is 45.1 Å². The van der Waals surface area contributed by atoms with Gasteiger partial charge in [0.05, 0.1) is 0 Å². The molecule has 0 atom stereocenters. The molecule has 0 spiro atoms. The number of unbranched alkanes of at least 4 members (excludes halogenated alkanes) is 8. The minimum Gasteiger partial charge on any atom is -0.481 e. The van der Waals surface area contributed by atoms with Gasteiger partial charge in [0, 0.05) is 6.42 Å². The lowest BCUT2D eigenvalue weighted by molar-refractivity contribution is -0.137. The smallest absolute Gasteiger partial charge is 0.303 e. The van der Waals surface area contributed by atoms with Gasteiger partial charge < -0.3 is 5.11 Å². The molecule has 2 heteroatoms. The minimum absolute atomic E-state index is 0.327. The fraction of sp³-hybridized carbons (Fsp3) is 0.714. The van der Waals surface area contributed by atoms with Crippen LogP contribution in [0, 0.1) is 0 Å². The van der Waals surface area contributed by atoms with Crippen molar-refractivity contribution in [3.8, 4) is 0 Å². The highest BCUT2D eigenvalue weighted by Crippen LogP contribution is 2.10. The maximum absolute atomic E-state index is 10.2. The number of hydrogen-bond acceptors (Lipinski definition) is 1. The SMILES string of the molecule is C=C=CCCCCCCCCCCC(=O)O. The van der Waals surface area contributed by atoms with Crippen LogP contribution in [-0.2, 0) is 4.79 Å². The molecule has 0 bridgehead atoms. The minimum atomic E-state index is -0.671. The van der Waals surface area contributed by atoms with Crippen molar-refractivity contribution in [1.29, 1.82) is 0 Å². The predicted molar refractivity (Wildman–Crippen MR) is 67.5 cm³/mol. The third-order valence-corrected chi connectivity index (χ3v) is 2.63. The van der Waals surface area contributed by atoms with E-state index < -0.39 is 5.97 Å². The summed E-state index contributed by atoms with van der Waals surface area (Å²) >= 11 is 0. The van der Waals surface area contributed by atoms with Crippen molar-refractivity contribution in [3.63, 3.8) is 0 Å². The zero-order valence-corrected chi connectivity index (χ0v) is 10.2. The first-order chi connectivity index (χ1) is 7.77. The van der Waals surface area contributed by atoms with Gasteiger partial charge in [-0.3, -0.25) is 4.79 Å². The van der Waals surface area contributed by atoms with E-state index in [0.29, 0.717) is 6.42 Å². The zero-order chi connectivity index (χ0) is 12.1. The fourth-order valence-corrected chi connectivity index (χ4v) is 1.69. The van der Waals surface area contributed by atoms with Crippen molar-refractivity contribution in [1.82, 2.24) is 0 Å². The van der Waals surface area contributed by atoms with Gasteiger partial charge in [-0.2, -0.15) is 0 Å². The monoisotopic (exact) mass is 224 g/mol. The van der Waals surface area contributed by atoms with Crippen molar-refractivity contribution < 1.29 is 9.90 Å². The largest absolute Gasteiger partial charge is 0.481 e. The van der Waals surface area contributed by atoms with E-state index in [9.17, 15) is 4.79 Å². The highest BCUT2D eigenvalue weighted by Gasteiger charge is 1.96. The lowest BCUT2D eigenvalue weighted by atomic mass is 10.1. The molecule has 0 aromatic rings.